The first-order valence-corrected chi connectivity index (χ1v) is 10.3. The SMILES string of the molecule is COc1cc(/C=N/NS(=O)(=O)c2ccc3[nH]c(=O)oc3c2)cc([N+](=O)[O-])c1OC(C)C. The van der Waals surface area contributed by atoms with Crippen molar-refractivity contribution in [1.82, 2.24) is 9.82 Å². The number of benzene rings is 2. The quantitative estimate of drug-likeness (QED) is 0.299. The first-order valence-electron chi connectivity index (χ1n) is 8.81. The van der Waals surface area contributed by atoms with E-state index in [0.29, 0.717) is 5.52 Å². The van der Waals surface area contributed by atoms with Crippen molar-refractivity contribution in [1.29, 1.82) is 0 Å². The van der Waals surface area contributed by atoms with Gasteiger partial charge < -0.3 is 13.9 Å². The zero-order valence-corrected chi connectivity index (χ0v) is 17.4. The molecule has 2 aromatic carbocycles. The summed E-state index contributed by atoms with van der Waals surface area (Å²) in [7, 11) is -2.77. The van der Waals surface area contributed by atoms with E-state index in [9.17, 15) is 23.3 Å². The first-order chi connectivity index (χ1) is 14.6. The van der Waals surface area contributed by atoms with Crippen LogP contribution in [0.15, 0.2) is 49.5 Å². The molecular formula is C18H18N4O8S. The third-order valence-corrected chi connectivity index (χ3v) is 5.14. The Labute approximate surface area is 175 Å². The number of nitro groups is 1. The molecule has 0 aliphatic carbocycles. The van der Waals surface area contributed by atoms with Gasteiger partial charge in [-0.05, 0) is 32.0 Å². The molecule has 2 N–H and O–H groups in total. The van der Waals surface area contributed by atoms with Crippen LogP contribution in [0.4, 0.5) is 5.69 Å². The number of nitrogens with one attached hydrogen (secondary N) is 2. The van der Waals surface area contributed by atoms with Crippen molar-refractivity contribution in [3.8, 4) is 11.5 Å². The summed E-state index contributed by atoms with van der Waals surface area (Å²) in [6.07, 6.45) is 0.752. The highest BCUT2D eigenvalue weighted by Gasteiger charge is 2.23. The molecule has 0 fully saturated rings. The molecule has 0 aliphatic rings. The molecule has 13 heteroatoms. The summed E-state index contributed by atoms with van der Waals surface area (Å²) in [5.41, 5.74) is 0.258. The fourth-order valence-electron chi connectivity index (χ4n) is 2.64. The summed E-state index contributed by atoms with van der Waals surface area (Å²) in [5.74, 6) is -0.655. The summed E-state index contributed by atoms with van der Waals surface area (Å²) in [6.45, 7) is 3.42. The molecule has 0 saturated heterocycles. The van der Waals surface area contributed by atoms with Gasteiger partial charge in [-0.15, -0.1) is 0 Å². The van der Waals surface area contributed by atoms with Gasteiger partial charge >= 0.3 is 11.4 Å². The minimum absolute atomic E-state index is 0.0403. The van der Waals surface area contributed by atoms with E-state index in [1.54, 1.807) is 13.8 Å². The minimum atomic E-state index is -4.09. The van der Waals surface area contributed by atoms with E-state index < -0.39 is 20.7 Å². The molecular weight excluding hydrogens is 432 g/mol. The fraction of sp³-hybridized carbons (Fsp3) is 0.222. The molecule has 0 aliphatic heterocycles. The molecule has 3 rings (SSSR count). The molecule has 0 amide bonds. The number of nitro benzene ring substituents is 1. The Morgan fingerprint density at radius 1 is 1.29 bits per heavy atom. The first kappa shape index (κ1) is 21.8. The molecule has 0 spiro atoms. The molecule has 12 nitrogen and oxygen atoms in total. The number of aromatic amines is 1. The standard InChI is InChI=1S/C18H18N4O8S/c1-10(2)29-17-14(22(24)25)6-11(7-16(17)28-3)9-19-21-31(26,27)12-4-5-13-15(8-12)30-18(23)20-13/h4-10,21H,1-3H3,(H,20,23)/b19-9+. The van der Waals surface area contributed by atoms with Crippen molar-refractivity contribution < 1.29 is 27.2 Å². The van der Waals surface area contributed by atoms with Gasteiger partial charge in [0.2, 0.25) is 5.75 Å². The van der Waals surface area contributed by atoms with Crippen molar-refractivity contribution in [2.75, 3.05) is 7.11 Å². The van der Waals surface area contributed by atoms with Gasteiger partial charge in [0.05, 0.1) is 34.8 Å². The Morgan fingerprint density at radius 3 is 2.68 bits per heavy atom. The van der Waals surface area contributed by atoms with Crippen molar-refractivity contribution in [3.05, 3.63) is 56.6 Å². The number of hydrogen-bond acceptors (Lipinski definition) is 9. The van der Waals surface area contributed by atoms with E-state index in [0.717, 1.165) is 12.3 Å². The lowest BCUT2D eigenvalue weighted by Gasteiger charge is -2.14. The van der Waals surface area contributed by atoms with Crippen LogP contribution in [0.1, 0.15) is 19.4 Å². The summed E-state index contributed by atoms with van der Waals surface area (Å²) >= 11 is 0. The maximum Gasteiger partial charge on any atom is 0.417 e. The Kier molecular flexibility index (Phi) is 5.97. The Hall–Kier alpha value is -3.87. The number of nitrogens with zero attached hydrogens (tertiary/aromatic N) is 2. The predicted octanol–water partition coefficient (Wildman–Crippen LogP) is 2.14. The van der Waals surface area contributed by atoms with Crippen molar-refractivity contribution in [2.24, 2.45) is 5.10 Å². The summed E-state index contributed by atoms with van der Waals surface area (Å²) < 4.78 is 40.4. The number of rotatable bonds is 8. The zero-order valence-electron chi connectivity index (χ0n) is 16.6. The zero-order chi connectivity index (χ0) is 22.8. The van der Waals surface area contributed by atoms with E-state index in [-0.39, 0.29) is 39.3 Å². The molecule has 3 aromatic rings. The van der Waals surface area contributed by atoms with E-state index in [1.165, 1.54) is 31.4 Å². The van der Waals surface area contributed by atoms with E-state index in [2.05, 4.69) is 10.1 Å². The molecule has 1 heterocycles. The van der Waals surface area contributed by atoms with Gasteiger partial charge in [0, 0.05) is 17.7 Å². The molecule has 0 radical (unpaired) electrons. The highest BCUT2D eigenvalue weighted by molar-refractivity contribution is 7.89. The summed E-state index contributed by atoms with van der Waals surface area (Å²) in [4.78, 5) is 26.2. The third-order valence-electron chi connectivity index (χ3n) is 3.92. The van der Waals surface area contributed by atoms with Crippen molar-refractivity contribution >= 4 is 33.0 Å². The highest BCUT2D eigenvalue weighted by Crippen LogP contribution is 2.38. The normalized spacial score (nSPS) is 11.9. The lowest BCUT2D eigenvalue weighted by Crippen LogP contribution is -2.18. The van der Waals surface area contributed by atoms with Crippen LogP contribution < -0.4 is 20.1 Å². The van der Waals surface area contributed by atoms with Crippen molar-refractivity contribution in [2.45, 2.75) is 24.8 Å². The van der Waals surface area contributed by atoms with Crippen LogP contribution in [0.5, 0.6) is 11.5 Å². The Bertz CT molecular complexity index is 1320. The molecule has 31 heavy (non-hydrogen) atoms. The second-order valence-corrected chi connectivity index (χ2v) is 8.18. The number of sulfonamides is 1. The lowest BCUT2D eigenvalue weighted by molar-refractivity contribution is -0.386. The number of oxazole rings is 1. The molecule has 164 valence electrons. The fourth-order valence-corrected chi connectivity index (χ4v) is 3.45. The Morgan fingerprint density at radius 2 is 2.03 bits per heavy atom. The predicted molar refractivity (Wildman–Crippen MR) is 110 cm³/mol. The number of H-pyrrole nitrogens is 1. The van der Waals surface area contributed by atoms with Crippen LogP contribution in [0.2, 0.25) is 0 Å². The molecule has 0 bridgehead atoms. The second-order valence-electron chi connectivity index (χ2n) is 6.52. The Balaban J connectivity index is 1.88. The van der Waals surface area contributed by atoms with Crippen LogP contribution in [0, 0.1) is 10.1 Å². The maximum absolute atomic E-state index is 12.4. The van der Waals surface area contributed by atoms with Crippen LogP contribution >= 0.6 is 0 Å². The van der Waals surface area contributed by atoms with Crippen LogP contribution in [-0.2, 0) is 10.0 Å². The lowest BCUT2D eigenvalue weighted by atomic mass is 10.2. The van der Waals surface area contributed by atoms with Gasteiger partial charge in [-0.1, -0.05) is 0 Å². The average Bonchev–Trinajstić information content (AvgIpc) is 3.07. The number of methoxy groups -OCH3 is 1. The van der Waals surface area contributed by atoms with E-state index >= 15 is 0 Å². The third kappa shape index (κ3) is 4.83. The number of ether oxygens (including phenoxy) is 2. The summed E-state index contributed by atoms with van der Waals surface area (Å²) in [6, 6.07) is 6.40. The van der Waals surface area contributed by atoms with Gasteiger partial charge in [0.15, 0.2) is 11.3 Å². The summed E-state index contributed by atoms with van der Waals surface area (Å²) in [5, 5.41) is 15.1. The largest absolute Gasteiger partial charge is 0.493 e. The van der Waals surface area contributed by atoms with Gasteiger partial charge in [-0.3, -0.25) is 15.1 Å². The number of aromatic nitrogens is 1. The number of hydrogen-bond donors (Lipinski definition) is 2. The van der Waals surface area contributed by atoms with Crippen LogP contribution in [0.3, 0.4) is 0 Å². The van der Waals surface area contributed by atoms with Crippen LogP contribution in [0.25, 0.3) is 11.1 Å². The van der Waals surface area contributed by atoms with Gasteiger partial charge in [-0.2, -0.15) is 13.5 Å². The number of fused-ring (bicyclic) bond motifs is 1. The van der Waals surface area contributed by atoms with Crippen LogP contribution in [-0.4, -0.2) is 37.8 Å². The van der Waals surface area contributed by atoms with E-state index in [4.69, 9.17) is 13.9 Å². The molecule has 0 atom stereocenters. The van der Waals surface area contributed by atoms with Gasteiger partial charge in [0.25, 0.3) is 10.0 Å². The highest BCUT2D eigenvalue weighted by atomic mass is 32.2. The minimum Gasteiger partial charge on any atom is -0.493 e. The monoisotopic (exact) mass is 450 g/mol. The van der Waals surface area contributed by atoms with Crippen molar-refractivity contribution in [3.63, 3.8) is 0 Å². The van der Waals surface area contributed by atoms with E-state index in [1.807, 2.05) is 4.83 Å². The van der Waals surface area contributed by atoms with Gasteiger partial charge in [-0.25, -0.2) is 9.63 Å². The second kappa shape index (κ2) is 8.47. The molecule has 1 aromatic heterocycles. The topological polar surface area (TPSA) is 166 Å². The molecule has 0 unspecified atom stereocenters. The average molecular weight is 450 g/mol. The van der Waals surface area contributed by atoms with Gasteiger partial charge in [0.1, 0.15) is 0 Å². The smallest absolute Gasteiger partial charge is 0.417 e. The maximum atomic E-state index is 12.4. The molecule has 0 saturated carbocycles. The number of hydrazone groups is 1.